The van der Waals surface area contributed by atoms with E-state index in [0.717, 1.165) is 0 Å². The van der Waals surface area contributed by atoms with Gasteiger partial charge in [-0.3, -0.25) is 19.6 Å². The molecule has 0 radical (unpaired) electrons. The number of amides is 3. The average molecular weight is 402 g/mol. The Morgan fingerprint density at radius 3 is 2.07 bits per heavy atom. The van der Waals surface area contributed by atoms with E-state index in [-0.39, 0.29) is 5.06 Å². The van der Waals surface area contributed by atoms with Crippen LogP contribution in [0.4, 0.5) is 4.79 Å². The normalized spacial score (nSPS) is 18.5. The molecule has 1 heterocycles. The second-order valence-corrected chi connectivity index (χ2v) is 8.16. The number of imide groups is 1. The molecule has 0 aliphatic carbocycles. The molecule has 11 heteroatoms. The fourth-order valence-electron chi connectivity index (χ4n) is 2.10. The van der Waals surface area contributed by atoms with Gasteiger partial charge in [-0.05, 0) is 41.5 Å². The number of hydroxylamine groups is 2. The first-order chi connectivity index (χ1) is 12.6. The molecule has 0 aromatic heterocycles. The minimum absolute atomic E-state index is 0.151. The van der Waals surface area contributed by atoms with E-state index >= 15 is 0 Å². The lowest BCUT2D eigenvalue weighted by Crippen LogP contribution is -2.47. The summed E-state index contributed by atoms with van der Waals surface area (Å²) in [6.07, 6.45) is -3.68. The molecule has 1 saturated heterocycles. The van der Waals surface area contributed by atoms with Crippen LogP contribution in [-0.4, -0.2) is 63.5 Å². The SMILES string of the molecule is CC(C)(C)OC(=O)C[C@H](NC(=O)OC(C)(C)C)C(=O)OC1CC(=O)N(O)C1=O. The van der Waals surface area contributed by atoms with Crippen molar-refractivity contribution in [2.75, 3.05) is 0 Å². The third-order valence-electron chi connectivity index (χ3n) is 3.11. The van der Waals surface area contributed by atoms with Gasteiger partial charge in [0.1, 0.15) is 17.2 Å². The molecule has 1 rings (SSSR count). The van der Waals surface area contributed by atoms with E-state index in [1.165, 1.54) is 0 Å². The van der Waals surface area contributed by atoms with Crippen LogP contribution in [0.1, 0.15) is 54.4 Å². The van der Waals surface area contributed by atoms with Crippen molar-refractivity contribution in [2.45, 2.75) is 77.7 Å². The van der Waals surface area contributed by atoms with Crippen molar-refractivity contribution < 1.29 is 43.4 Å². The molecule has 1 fully saturated rings. The van der Waals surface area contributed by atoms with Gasteiger partial charge in [0, 0.05) is 0 Å². The molecule has 11 nitrogen and oxygen atoms in total. The van der Waals surface area contributed by atoms with Crippen molar-refractivity contribution in [3.63, 3.8) is 0 Å². The first kappa shape index (κ1) is 23.3. The van der Waals surface area contributed by atoms with Gasteiger partial charge >= 0.3 is 18.0 Å². The highest BCUT2D eigenvalue weighted by Crippen LogP contribution is 2.17. The molecule has 0 bridgehead atoms. The Labute approximate surface area is 162 Å². The molecule has 0 aromatic carbocycles. The van der Waals surface area contributed by atoms with Gasteiger partial charge in [0.2, 0.25) is 0 Å². The third kappa shape index (κ3) is 7.51. The van der Waals surface area contributed by atoms with E-state index < -0.39 is 66.0 Å². The Hall–Kier alpha value is -2.69. The molecule has 1 aliphatic rings. The number of hydrogen-bond donors (Lipinski definition) is 2. The number of carbonyl (C=O) groups excluding carboxylic acids is 5. The largest absolute Gasteiger partial charge is 0.460 e. The quantitative estimate of drug-likeness (QED) is 0.293. The minimum Gasteiger partial charge on any atom is -0.460 e. The lowest BCUT2D eigenvalue weighted by Gasteiger charge is -2.24. The fraction of sp³-hybridized carbons (Fsp3) is 0.706. The number of ether oxygens (including phenoxy) is 3. The van der Waals surface area contributed by atoms with Gasteiger partial charge in [-0.2, -0.15) is 5.06 Å². The summed E-state index contributed by atoms with van der Waals surface area (Å²) in [5.41, 5.74) is -1.70. The standard InChI is InChI=1S/C17H26N2O9/c1-16(2,3)27-12(21)7-9(18-15(24)28-17(4,5)6)14(23)26-10-8-11(20)19(25)13(10)22/h9-10,25H,7-8H2,1-6H3,(H,18,24)/t9-,10?/m0/s1. The van der Waals surface area contributed by atoms with E-state index in [4.69, 9.17) is 14.2 Å². The molecular formula is C17H26N2O9. The molecule has 1 unspecified atom stereocenters. The number of rotatable bonds is 5. The van der Waals surface area contributed by atoms with Gasteiger partial charge in [-0.25, -0.2) is 9.59 Å². The van der Waals surface area contributed by atoms with Crippen LogP contribution in [0.2, 0.25) is 0 Å². The number of hydrogen-bond acceptors (Lipinski definition) is 9. The predicted molar refractivity (Wildman–Crippen MR) is 91.8 cm³/mol. The number of nitrogens with one attached hydrogen (secondary N) is 1. The summed E-state index contributed by atoms with van der Waals surface area (Å²) in [4.78, 5) is 59.4. The highest BCUT2D eigenvalue weighted by molar-refractivity contribution is 6.04. The summed E-state index contributed by atoms with van der Waals surface area (Å²) in [6, 6.07) is -1.53. The first-order valence-corrected chi connectivity index (χ1v) is 8.56. The topological polar surface area (TPSA) is 149 Å². The molecule has 0 saturated carbocycles. The van der Waals surface area contributed by atoms with E-state index in [9.17, 15) is 29.2 Å². The lowest BCUT2D eigenvalue weighted by atomic mass is 10.1. The number of nitrogens with zero attached hydrogens (tertiary/aromatic N) is 1. The molecule has 158 valence electrons. The summed E-state index contributed by atoms with van der Waals surface area (Å²) in [5.74, 6) is -4.01. The zero-order chi connectivity index (χ0) is 21.9. The van der Waals surface area contributed by atoms with Crippen LogP contribution in [0.15, 0.2) is 0 Å². The maximum Gasteiger partial charge on any atom is 0.408 e. The van der Waals surface area contributed by atoms with Crippen molar-refractivity contribution >= 4 is 29.8 Å². The van der Waals surface area contributed by atoms with E-state index in [1.54, 1.807) is 41.5 Å². The van der Waals surface area contributed by atoms with Crippen molar-refractivity contribution in [3.05, 3.63) is 0 Å². The zero-order valence-corrected chi connectivity index (χ0v) is 16.7. The van der Waals surface area contributed by atoms with Gasteiger partial charge in [0.15, 0.2) is 6.10 Å². The smallest absolute Gasteiger partial charge is 0.408 e. The van der Waals surface area contributed by atoms with E-state index in [1.807, 2.05) is 0 Å². The Balaban J connectivity index is 2.87. The molecule has 0 spiro atoms. The van der Waals surface area contributed by atoms with Crippen molar-refractivity contribution in [3.8, 4) is 0 Å². The molecule has 1 aliphatic heterocycles. The molecular weight excluding hydrogens is 376 g/mol. The van der Waals surface area contributed by atoms with Gasteiger partial charge in [-0.15, -0.1) is 0 Å². The average Bonchev–Trinajstić information content (AvgIpc) is 2.70. The predicted octanol–water partition coefficient (Wildman–Crippen LogP) is 0.671. The lowest BCUT2D eigenvalue weighted by molar-refractivity contribution is -0.177. The summed E-state index contributed by atoms with van der Waals surface area (Å²) < 4.78 is 15.1. The number of carbonyl (C=O) groups is 5. The summed E-state index contributed by atoms with van der Waals surface area (Å²) in [5, 5.41) is 11.3. The Bertz CT molecular complexity index is 631. The molecule has 28 heavy (non-hydrogen) atoms. The second-order valence-electron chi connectivity index (χ2n) is 8.16. The molecule has 0 aromatic rings. The van der Waals surface area contributed by atoms with Crippen LogP contribution in [0.3, 0.4) is 0 Å². The summed E-state index contributed by atoms with van der Waals surface area (Å²) in [6.45, 7) is 9.68. The van der Waals surface area contributed by atoms with Crippen molar-refractivity contribution in [1.82, 2.24) is 10.4 Å². The Morgan fingerprint density at radius 2 is 1.64 bits per heavy atom. The van der Waals surface area contributed by atoms with Gasteiger partial charge in [0.05, 0.1) is 12.8 Å². The van der Waals surface area contributed by atoms with Crippen LogP contribution in [-0.2, 0) is 33.4 Å². The fourth-order valence-corrected chi connectivity index (χ4v) is 2.10. The van der Waals surface area contributed by atoms with Crippen LogP contribution in [0.5, 0.6) is 0 Å². The maximum atomic E-state index is 12.4. The summed E-state index contributed by atoms with van der Waals surface area (Å²) in [7, 11) is 0. The highest BCUT2D eigenvalue weighted by atomic mass is 16.6. The molecule has 3 amide bonds. The summed E-state index contributed by atoms with van der Waals surface area (Å²) >= 11 is 0. The van der Waals surface area contributed by atoms with Crippen LogP contribution in [0, 0.1) is 0 Å². The highest BCUT2D eigenvalue weighted by Gasteiger charge is 2.42. The van der Waals surface area contributed by atoms with E-state index in [2.05, 4.69) is 5.32 Å². The van der Waals surface area contributed by atoms with Gasteiger partial charge < -0.3 is 19.5 Å². The van der Waals surface area contributed by atoms with Crippen LogP contribution in [0.25, 0.3) is 0 Å². The van der Waals surface area contributed by atoms with Crippen molar-refractivity contribution in [1.29, 1.82) is 0 Å². The Morgan fingerprint density at radius 1 is 1.11 bits per heavy atom. The Kier molecular flexibility index (Phi) is 7.13. The zero-order valence-electron chi connectivity index (χ0n) is 16.7. The van der Waals surface area contributed by atoms with Crippen LogP contribution >= 0.6 is 0 Å². The van der Waals surface area contributed by atoms with Crippen molar-refractivity contribution in [2.24, 2.45) is 0 Å². The van der Waals surface area contributed by atoms with E-state index in [0.29, 0.717) is 0 Å². The monoisotopic (exact) mass is 402 g/mol. The maximum absolute atomic E-state index is 12.4. The minimum atomic E-state index is -1.55. The van der Waals surface area contributed by atoms with Gasteiger partial charge in [0.25, 0.3) is 11.8 Å². The van der Waals surface area contributed by atoms with Crippen LogP contribution < -0.4 is 5.32 Å². The molecule has 2 atom stereocenters. The van der Waals surface area contributed by atoms with Gasteiger partial charge in [-0.1, -0.05) is 0 Å². The third-order valence-corrected chi connectivity index (χ3v) is 3.11. The second kappa shape index (κ2) is 8.55. The first-order valence-electron chi connectivity index (χ1n) is 8.56. The number of esters is 2. The molecule has 2 N–H and O–H groups in total. The number of alkyl carbamates (subject to hydrolysis) is 1.